The predicted molar refractivity (Wildman–Crippen MR) is 102 cm³/mol. The van der Waals surface area contributed by atoms with Crippen molar-refractivity contribution in [2.45, 2.75) is 70.1 Å². The van der Waals surface area contributed by atoms with Gasteiger partial charge in [-0.05, 0) is 52.4 Å². The molecule has 2 aliphatic rings. The van der Waals surface area contributed by atoms with Gasteiger partial charge in [0.05, 0.1) is 17.5 Å². The molecule has 2 fully saturated rings. The van der Waals surface area contributed by atoms with E-state index in [1.807, 2.05) is 0 Å². The van der Waals surface area contributed by atoms with Gasteiger partial charge < -0.3 is 26.8 Å². The van der Waals surface area contributed by atoms with Gasteiger partial charge in [-0.25, -0.2) is 4.98 Å². The van der Waals surface area contributed by atoms with Crippen molar-refractivity contribution in [1.29, 1.82) is 0 Å². The number of nitrogens with one attached hydrogen (secondary N) is 2. The third kappa shape index (κ3) is 4.75. The SMILES string of the molecule is CC1(C)CC(Nc2ncc(N)c(NC3CCC(C(N)=O)CC3)n2)CCO1. The third-order valence-corrected chi connectivity index (χ3v) is 5.32. The number of hydrogen-bond acceptors (Lipinski definition) is 7. The summed E-state index contributed by atoms with van der Waals surface area (Å²) >= 11 is 0. The average Bonchev–Trinajstić information content (AvgIpc) is 2.57. The van der Waals surface area contributed by atoms with Gasteiger partial charge >= 0.3 is 0 Å². The maximum Gasteiger partial charge on any atom is 0.224 e. The number of anilines is 3. The number of amides is 1. The number of hydrogen-bond donors (Lipinski definition) is 4. The summed E-state index contributed by atoms with van der Waals surface area (Å²) in [4.78, 5) is 20.2. The lowest BCUT2D eigenvalue weighted by Gasteiger charge is -2.35. The van der Waals surface area contributed by atoms with E-state index in [1.54, 1.807) is 6.20 Å². The first kappa shape index (κ1) is 18.7. The lowest BCUT2D eigenvalue weighted by Crippen LogP contribution is -2.40. The molecule has 1 unspecified atom stereocenters. The van der Waals surface area contributed by atoms with E-state index >= 15 is 0 Å². The Balaban J connectivity index is 1.60. The minimum Gasteiger partial charge on any atom is -0.394 e. The van der Waals surface area contributed by atoms with Gasteiger partial charge in [0.2, 0.25) is 11.9 Å². The molecule has 2 heterocycles. The van der Waals surface area contributed by atoms with E-state index in [9.17, 15) is 4.79 Å². The van der Waals surface area contributed by atoms with Gasteiger partial charge in [-0.2, -0.15) is 4.98 Å². The number of nitrogens with two attached hydrogens (primary N) is 2. The molecule has 1 saturated heterocycles. The fraction of sp³-hybridized carbons (Fsp3) is 0.722. The topological polar surface area (TPSA) is 128 Å². The van der Waals surface area contributed by atoms with E-state index < -0.39 is 0 Å². The molecule has 0 aromatic carbocycles. The summed E-state index contributed by atoms with van der Waals surface area (Å²) in [6, 6.07) is 0.527. The van der Waals surface area contributed by atoms with E-state index in [1.165, 1.54) is 0 Å². The van der Waals surface area contributed by atoms with E-state index in [0.29, 0.717) is 17.5 Å². The molecular formula is C18H30N6O2. The molecule has 1 saturated carbocycles. The number of primary amides is 1. The second-order valence-corrected chi connectivity index (χ2v) is 8.04. The predicted octanol–water partition coefficient (Wildman–Crippen LogP) is 1.88. The molecule has 1 atom stereocenters. The van der Waals surface area contributed by atoms with Crippen LogP contribution in [0.1, 0.15) is 52.4 Å². The Labute approximate surface area is 154 Å². The van der Waals surface area contributed by atoms with Crippen molar-refractivity contribution in [3.63, 3.8) is 0 Å². The summed E-state index contributed by atoms with van der Waals surface area (Å²) in [5.74, 6) is 1.02. The highest BCUT2D eigenvalue weighted by Gasteiger charge is 2.29. The lowest BCUT2D eigenvalue weighted by atomic mass is 9.85. The van der Waals surface area contributed by atoms with Crippen LogP contribution in [0, 0.1) is 5.92 Å². The summed E-state index contributed by atoms with van der Waals surface area (Å²) in [5, 5.41) is 6.81. The van der Waals surface area contributed by atoms with Crippen molar-refractivity contribution in [2.75, 3.05) is 23.0 Å². The van der Waals surface area contributed by atoms with Gasteiger partial charge in [-0.15, -0.1) is 0 Å². The molecule has 0 spiro atoms. The smallest absolute Gasteiger partial charge is 0.224 e. The Hall–Kier alpha value is -2.09. The van der Waals surface area contributed by atoms with Gasteiger partial charge in [-0.3, -0.25) is 4.79 Å². The number of carbonyl (C=O) groups excluding carboxylic acids is 1. The largest absolute Gasteiger partial charge is 0.394 e. The maximum atomic E-state index is 11.3. The zero-order chi connectivity index (χ0) is 18.7. The second kappa shape index (κ2) is 7.65. The van der Waals surface area contributed by atoms with E-state index in [4.69, 9.17) is 16.2 Å². The van der Waals surface area contributed by atoms with Crippen molar-refractivity contribution in [3.8, 4) is 0 Å². The maximum absolute atomic E-state index is 11.3. The average molecular weight is 362 g/mol. The third-order valence-electron chi connectivity index (χ3n) is 5.32. The van der Waals surface area contributed by atoms with Crippen molar-refractivity contribution in [2.24, 2.45) is 11.7 Å². The van der Waals surface area contributed by atoms with Crippen LogP contribution in [-0.2, 0) is 9.53 Å². The molecule has 0 radical (unpaired) electrons. The number of nitrogens with zero attached hydrogens (tertiary/aromatic N) is 2. The standard InChI is InChI=1S/C18H30N6O2/c1-18(2)9-13(7-8-26-18)23-17-21-10-14(19)16(24-17)22-12-5-3-11(4-6-12)15(20)25/h10-13H,3-9,19H2,1-2H3,(H2,20,25)(H2,21,22,23,24). The molecule has 26 heavy (non-hydrogen) atoms. The fourth-order valence-electron chi connectivity index (χ4n) is 3.83. The molecule has 0 bridgehead atoms. The Morgan fingerprint density at radius 2 is 1.92 bits per heavy atom. The van der Waals surface area contributed by atoms with Gasteiger partial charge in [0.25, 0.3) is 0 Å². The van der Waals surface area contributed by atoms with Crippen LogP contribution >= 0.6 is 0 Å². The van der Waals surface area contributed by atoms with Crippen molar-refractivity contribution in [3.05, 3.63) is 6.20 Å². The van der Waals surface area contributed by atoms with Crippen LogP contribution in [-0.4, -0.2) is 40.2 Å². The first-order valence-electron chi connectivity index (χ1n) is 9.41. The highest BCUT2D eigenvalue weighted by molar-refractivity contribution is 5.76. The Morgan fingerprint density at radius 3 is 2.58 bits per heavy atom. The zero-order valence-electron chi connectivity index (χ0n) is 15.6. The van der Waals surface area contributed by atoms with Gasteiger partial charge in [0.15, 0.2) is 5.82 Å². The van der Waals surface area contributed by atoms with E-state index in [2.05, 4.69) is 34.4 Å². The normalized spacial score (nSPS) is 28.3. The Bertz CT molecular complexity index is 643. The number of carbonyl (C=O) groups is 1. The number of ether oxygens (including phenoxy) is 1. The molecule has 1 aromatic heterocycles. The molecule has 1 aliphatic heterocycles. The van der Waals surface area contributed by atoms with Gasteiger partial charge in [0, 0.05) is 24.6 Å². The fourth-order valence-corrected chi connectivity index (χ4v) is 3.83. The van der Waals surface area contributed by atoms with Crippen LogP contribution in [0.3, 0.4) is 0 Å². The van der Waals surface area contributed by atoms with Crippen molar-refractivity contribution >= 4 is 23.4 Å². The van der Waals surface area contributed by atoms with Gasteiger partial charge in [-0.1, -0.05) is 0 Å². The van der Waals surface area contributed by atoms with Crippen molar-refractivity contribution < 1.29 is 9.53 Å². The molecule has 1 aromatic rings. The number of nitrogen functional groups attached to an aromatic ring is 1. The Morgan fingerprint density at radius 1 is 1.19 bits per heavy atom. The highest BCUT2D eigenvalue weighted by atomic mass is 16.5. The first-order valence-corrected chi connectivity index (χ1v) is 9.41. The summed E-state index contributed by atoms with van der Waals surface area (Å²) in [6.45, 7) is 4.92. The minimum absolute atomic E-state index is 0.00935. The molecule has 1 aliphatic carbocycles. The number of aromatic nitrogens is 2. The molecule has 8 heteroatoms. The highest BCUT2D eigenvalue weighted by Crippen LogP contribution is 2.29. The molecule has 8 nitrogen and oxygen atoms in total. The molecule has 3 rings (SSSR count). The van der Waals surface area contributed by atoms with E-state index in [0.717, 1.165) is 45.1 Å². The van der Waals surface area contributed by atoms with Crippen LogP contribution in [0.25, 0.3) is 0 Å². The summed E-state index contributed by atoms with van der Waals surface area (Å²) < 4.78 is 5.76. The quantitative estimate of drug-likeness (QED) is 0.629. The van der Waals surface area contributed by atoms with E-state index in [-0.39, 0.29) is 29.5 Å². The summed E-state index contributed by atoms with van der Waals surface area (Å²) in [6.07, 6.45) is 6.84. The van der Waals surface area contributed by atoms with Crippen LogP contribution in [0.2, 0.25) is 0 Å². The Kier molecular flexibility index (Phi) is 5.50. The summed E-state index contributed by atoms with van der Waals surface area (Å²) in [5.41, 5.74) is 11.8. The zero-order valence-corrected chi connectivity index (χ0v) is 15.6. The molecule has 1 amide bonds. The van der Waals surface area contributed by atoms with Crippen LogP contribution in [0.4, 0.5) is 17.5 Å². The number of rotatable bonds is 5. The summed E-state index contributed by atoms with van der Waals surface area (Å²) in [7, 11) is 0. The second-order valence-electron chi connectivity index (χ2n) is 8.04. The molecular weight excluding hydrogens is 332 g/mol. The molecule has 144 valence electrons. The minimum atomic E-state index is -0.198. The lowest BCUT2D eigenvalue weighted by molar-refractivity contribution is -0.122. The van der Waals surface area contributed by atoms with Crippen LogP contribution < -0.4 is 22.1 Å². The molecule has 6 N–H and O–H groups in total. The van der Waals surface area contributed by atoms with Crippen LogP contribution in [0.15, 0.2) is 6.20 Å². The van der Waals surface area contributed by atoms with Crippen LogP contribution in [0.5, 0.6) is 0 Å². The first-order chi connectivity index (χ1) is 12.3. The monoisotopic (exact) mass is 362 g/mol. The van der Waals surface area contributed by atoms with Crippen molar-refractivity contribution in [1.82, 2.24) is 9.97 Å². The van der Waals surface area contributed by atoms with Gasteiger partial charge in [0.1, 0.15) is 0 Å².